The molecule has 0 bridgehead atoms. The van der Waals surface area contributed by atoms with Crippen LogP contribution in [0.4, 0.5) is 11.5 Å². The highest BCUT2D eigenvalue weighted by atomic mass is 32.2. The molecule has 1 aliphatic rings. The molecule has 10 heteroatoms. The number of carbonyl (C=O) groups excluding carboxylic acids is 1. The number of anilines is 2. The van der Waals surface area contributed by atoms with Gasteiger partial charge in [0.1, 0.15) is 0 Å². The Labute approximate surface area is 152 Å². The maximum absolute atomic E-state index is 11.7. The molecule has 3 heterocycles. The summed E-state index contributed by atoms with van der Waals surface area (Å²) in [5.41, 5.74) is 2.62. The predicted octanol–water partition coefficient (Wildman–Crippen LogP) is 1.14. The van der Waals surface area contributed by atoms with Gasteiger partial charge in [-0.05, 0) is 39.3 Å². The van der Waals surface area contributed by atoms with Crippen LogP contribution in [-0.4, -0.2) is 52.4 Å². The fourth-order valence-corrected chi connectivity index (χ4v) is 4.76. The van der Waals surface area contributed by atoms with E-state index in [1.807, 2.05) is 20.8 Å². The lowest BCUT2D eigenvalue weighted by molar-refractivity contribution is 0.0950. The molecular weight excluding hydrogens is 356 g/mol. The minimum atomic E-state index is -2.98. The van der Waals surface area contributed by atoms with Gasteiger partial charge in [0, 0.05) is 6.54 Å². The molecule has 1 atom stereocenters. The molecule has 0 radical (unpaired) electrons. The summed E-state index contributed by atoms with van der Waals surface area (Å²) >= 11 is 0. The van der Waals surface area contributed by atoms with E-state index >= 15 is 0 Å². The van der Waals surface area contributed by atoms with Crippen LogP contribution in [0.5, 0.6) is 0 Å². The lowest BCUT2D eigenvalue weighted by atomic mass is 10.2. The normalized spacial score (nSPS) is 18.7. The number of aryl methyl sites for hydroxylation is 1. The van der Waals surface area contributed by atoms with E-state index in [1.165, 1.54) is 0 Å². The molecule has 0 saturated carbocycles. The molecule has 1 saturated heterocycles. The number of nitrogens with zero attached hydrogens (tertiary/aromatic N) is 4. The largest absolute Gasteiger partial charge is 0.351 e. The number of sulfone groups is 1. The first-order valence-electron chi connectivity index (χ1n) is 8.46. The maximum atomic E-state index is 11.7. The fraction of sp³-hybridized carbons (Fsp3) is 0.500. The van der Waals surface area contributed by atoms with E-state index in [2.05, 4.69) is 25.9 Å². The smallest absolute Gasteiger partial charge is 0.271 e. The first kappa shape index (κ1) is 18.3. The predicted molar refractivity (Wildman–Crippen MR) is 97.3 cm³/mol. The number of amides is 1. The number of carbonyl (C=O) groups is 1. The molecule has 2 N–H and O–H groups in total. The van der Waals surface area contributed by atoms with E-state index < -0.39 is 9.84 Å². The van der Waals surface area contributed by atoms with Crippen molar-refractivity contribution in [1.82, 2.24) is 25.3 Å². The Bertz CT molecular complexity index is 920. The van der Waals surface area contributed by atoms with Crippen molar-refractivity contribution in [3.05, 3.63) is 29.2 Å². The van der Waals surface area contributed by atoms with Crippen LogP contribution in [0, 0.1) is 13.8 Å². The van der Waals surface area contributed by atoms with Crippen molar-refractivity contribution in [2.75, 3.05) is 23.4 Å². The van der Waals surface area contributed by atoms with Crippen molar-refractivity contribution in [3.63, 3.8) is 0 Å². The van der Waals surface area contributed by atoms with Gasteiger partial charge in [0.2, 0.25) is 0 Å². The Kier molecular flexibility index (Phi) is 4.94. The van der Waals surface area contributed by atoms with Gasteiger partial charge in [-0.15, -0.1) is 10.2 Å². The molecule has 9 nitrogen and oxygen atoms in total. The van der Waals surface area contributed by atoms with Gasteiger partial charge in [-0.3, -0.25) is 9.48 Å². The number of hydrogen-bond donors (Lipinski definition) is 2. The average molecular weight is 378 g/mol. The molecule has 0 aliphatic carbocycles. The molecule has 2 aromatic heterocycles. The molecule has 1 amide bonds. The summed E-state index contributed by atoms with van der Waals surface area (Å²) in [6, 6.07) is 3.13. The maximum Gasteiger partial charge on any atom is 0.271 e. The van der Waals surface area contributed by atoms with Gasteiger partial charge in [-0.2, -0.15) is 5.10 Å². The highest BCUT2D eigenvalue weighted by molar-refractivity contribution is 7.91. The van der Waals surface area contributed by atoms with Crippen molar-refractivity contribution in [2.45, 2.75) is 33.2 Å². The molecule has 0 aromatic carbocycles. The van der Waals surface area contributed by atoms with E-state index in [9.17, 15) is 13.2 Å². The average Bonchev–Trinajstić information content (AvgIpc) is 3.09. The van der Waals surface area contributed by atoms with Crippen molar-refractivity contribution >= 4 is 27.2 Å². The van der Waals surface area contributed by atoms with Crippen LogP contribution in [0.15, 0.2) is 12.1 Å². The van der Waals surface area contributed by atoms with Crippen LogP contribution in [0.1, 0.15) is 41.3 Å². The molecule has 1 fully saturated rings. The zero-order chi connectivity index (χ0) is 18.9. The van der Waals surface area contributed by atoms with Crippen LogP contribution in [0.25, 0.3) is 0 Å². The standard InChI is InChI=1S/C16H22N6O3S/c1-4-17-16(23)13-5-6-14(20-19-13)18-15-10(2)21-22(11(15)3)12-7-8-26(24,25)9-12/h5-6,12H,4,7-9H2,1-3H3,(H,17,23)(H,18,20). The van der Waals surface area contributed by atoms with Gasteiger partial charge in [-0.25, -0.2) is 8.42 Å². The minimum absolute atomic E-state index is 0.120. The third kappa shape index (κ3) is 3.69. The first-order valence-corrected chi connectivity index (χ1v) is 10.3. The van der Waals surface area contributed by atoms with E-state index in [0.29, 0.717) is 18.8 Å². The second-order valence-corrected chi connectivity index (χ2v) is 8.56. The van der Waals surface area contributed by atoms with E-state index in [4.69, 9.17) is 0 Å². The summed E-state index contributed by atoms with van der Waals surface area (Å²) in [4.78, 5) is 11.7. The summed E-state index contributed by atoms with van der Waals surface area (Å²) in [7, 11) is -2.98. The minimum Gasteiger partial charge on any atom is -0.351 e. The van der Waals surface area contributed by atoms with E-state index in [0.717, 1.165) is 17.1 Å². The van der Waals surface area contributed by atoms with E-state index in [1.54, 1.807) is 16.8 Å². The summed E-state index contributed by atoms with van der Waals surface area (Å²) in [6.07, 6.45) is 0.574. The van der Waals surface area contributed by atoms with Crippen LogP contribution in [0.3, 0.4) is 0 Å². The van der Waals surface area contributed by atoms with Gasteiger partial charge in [-0.1, -0.05) is 0 Å². The van der Waals surface area contributed by atoms with Crippen LogP contribution < -0.4 is 10.6 Å². The van der Waals surface area contributed by atoms with Crippen LogP contribution in [0.2, 0.25) is 0 Å². The quantitative estimate of drug-likeness (QED) is 0.801. The Morgan fingerprint density at radius 2 is 2.08 bits per heavy atom. The highest BCUT2D eigenvalue weighted by Crippen LogP contribution is 2.30. The topological polar surface area (TPSA) is 119 Å². The highest BCUT2D eigenvalue weighted by Gasteiger charge is 2.31. The molecule has 0 spiro atoms. The number of nitrogens with one attached hydrogen (secondary N) is 2. The summed E-state index contributed by atoms with van der Waals surface area (Å²) in [5.74, 6) is 0.540. The molecule has 2 aromatic rings. The second kappa shape index (κ2) is 7.02. The molecule has 1 unspecified atom stereocenters. The Morgan fingerprint density at radius 1 is 1.31 bits per heavy atom. The second-order valence-electron chi connectivity index (χ2n) is 6.34. The van der Waals surface area contributed by atoms with Crippen molar-refractivity contribution in [3.8, 4) is 0 Å². The zero-order valence-corrected chi connectivity index (χ0v) is 15.8. The molecule has 1 aliphatic heterocycles. The number of aromatic nitrogens is 4. The third-order valence-electron chi connectivity index (χ3n) is 4.37. The monoisotopic (exact) mass is 378 g/mol. The lowest BCUT2D eigenvalue weighted by Gasteiger charge is -2.12. The van der Waals surface area contributed by atoms with Crippen molar-refractivity contribution < 1.29 is 13.2 Å². The summed E-state index contributed by atoms with van der Waals surface area (Å²) in [6.45, 7) is 6.10. The summed E-state index contributed by atoms with van der Waals surface area (Å²) in [5, 5.41) is 18.3. The fourth-order valence-electron chi connectivity index (χ4n) is 3.07. The van der Waals surface area contributed by atoms with E-state index in [-0.39, 0.29) is 29.1 Å². The zero-order valence-electron chi connectivity index (χ0n) is 15.0. The molecule has 140 valence electrons. The Balaban J connectivity index is 1.79. The van der Waals surface area contributed by atoms with Gasteiger partial charge < -0.3 is 10.6 Å². The first-order chi connectivity index (χ1) is 12.3. The van der Waals surface area contributed by atoms with Crippen molar-refractivity contribution in [2.24, 2.45) is 0 Å². The Morgan fingerprint density at radius 3 is 2.65 bits per heavy atom. The van der Waals surface area contributed by atoms with Crippen LogP contribution in [-0.2, 0) is 9.84 Å². The van der Waals surface area contributed by atoms with Gasteiger partial charge in [0.15, 0.2) is 21.3 Å². The molecule has 3 rings (SSSR count). The van der Waals surface area contributed by atoms with Gasteiger partial charge >= 0.3 is 0 Å². The molecular formula is C16H22N6O3S. The lowest BCUT2D eigenvalue weighted by Crippen LogP contribution is -2.24. The Hall–Kier alpha value is -2.49. The van der Waals surface area contributed by atoms with Crippen LogP contribution >= 0.6 is 0 Å². The van der Waals surface area contributed by atoms with Gasteiger partial charge in [0.05, 0.1) is 34.6 Å². The number of hydrogen-bond acceptors (Lipinski definition) is 7. The SMILES string of the molecule is CCNC(=O)c1ccc(Nc2c(C)nn(C3CCS(=O)(=O)C3)c2C)nn1. The van der Waals surface area contributed by atoms with Gasteiger partial charge in [0.25, 0.3) is 5.91 Å². The third-order valence-corrected chi connectivity index (χ3v) is 6.12. The number of rotatable bonds is 5. The molecule has 26 heavy (non-hydrogen) atoms. The summed E-state index contributed by atoms with van der Waals surface area (Å²) < 4.78 is 25.2. The van der Waals surface area contributed by atoms with Crippen molar-refractivity contribution in [1.29, 1.82) is 0 Å².